The van der Waals surface area contributed by atoms with Crippen molar-refractivity contribution in [2.75, 3.05) is 26.7 Å². The SMILES string of the molecule is COc1ccc(C(=O)N2CCNCC2C)cc1S(=O)(=O)NC1CCCC1.Cl. The van der Waals surface area contributed by atoms with Gasteiger partial charge in [-0.3, -0.25) is 4.79 Å². The Labute approximate surface area is 167 Å². The van der Waals surface area contributed by atoms with Gasteiger partial charge in [0, 0.05) is 37.3 Å². The Bertz CT molecular complexity index is 766. The van der Waals surface area contributed by atoms with E-state index in [4.69, 9.17) is 4.74 Å². The first-order valence-electron chi connectivity index (χ1n) is 9.14. The van der Waals surface area contributed by atoms with Gasteiger partial charge in [-0.25, -0.2) is 13.1 Å². The number of rotatable bonds is 5. The van der Waals surface area contributed by atoms with Crippen molar-refractivity contribution < 1.29 is 17.9 Å². The first-order valence-corrected chi connectivity index (χ1v) is 10.6. The van der Waals surface area contributed by atoms with Crippen molar-refractivity contribution in [3.8, 4) is 5.75 Å². The number of nitrogens with one attached hydrogen (secondary N) is 2. The van der Waals surface area contributed by atoms with Gasteiger partial charge in [0.2, 0.25) is 10.0 Å². The number of amides is 1. The number of halogens is 1. The molecular weight excluding hydrogens is 390 g/mol. The zero-order chi connectivity index (χ0) is 18.7. The van der Waals surface area contributed by atoms with Crippen LogP contribution in [-0.2, 0) is 10.0 Å². The maximum absolute atomic E-state index is 12.9. The number of sulfonamides is 1. The van der Waals surface area contributed by atoms with E-state index in [2.05, 4.69) is 10.0 Å². The Kier molecular flexibility index (Phi) is 7.50. The van der Waals surface area contributed by atoms with E-state index in [0.717, 1.165) is 38.8 Å². The Morgan fingerprint density at radius 1 is 1.30 bits per heavy atom. The van der Waals surface area contributed by atoms with E-state index in [0.29, 0.717) is 12.1 Å². The highest BCUT2D eigenvalue weighted by atomic mass is 35.5. The van der Waals surface area contributed by atoms with E-state index in [-0.39, 0.29) is 41.0 Å². The van der Waals surface area contributed by atoms with E-state index in [1.54, 1.807) is 17.0 Å². The topological polar surface area (TPSA) is 87.7 Å². The average molecular weight is 418 g/mol. The monoisotopic (exact) mass is 417 g/mol. The largest absolute Gasteiger partial charge is 0.495 e. The molecule has 1 heterocycles. The van der Waals surface area contributed by atoms with E-state index < -0.39 is 10.0 Å². The van der Waals surface area contributed by atoms with Gasteiger partial charge in [-0.15, -0.1) is 12.4 Å². The lowest BCUT2D eigenvalue weighted by Crippen LogP contribution is -2.52. The molecule has 1 amide bonds. The van der Waals surface area contributed by atoms with Crippen molar-refractivity contribution in [3.05, 3.63) is 23.8 Å². The van der Waals surface area contributed by atoms with Crippen molar-refractivity contribution in [2.45, 2.75) is 49.6 Å². The summed E-state index contributed by atoms with van der Waals surface area (Å²) in [5.74, 6) is 0.0966. The molecule has 7 nitrogen and oxygen atoms in total. The summed E-state index contributed by atoms with van der Waals surface area (Å²) in [4.78, 5) is 14.7. The lowest BCUT2D eigenvalue weighted by Gasteiger charge is -2.34. The number of nitrogens with zero attached hydrogens (tertiary/aromatic N) is 1. The summed E-state index contributed by atoms with van der Waals surface area (Å²) in [7, 11) is -2.31. The minimum atomic E-state index is -3.74. The number of carbonyl (C=O) groups is 1. The van der Waals surface area contributed by atoms with Crippen LogP contribution < -0.4 is 14.8 Å². The van der Waals surface area contributed by atoms with E-state index in [1.165, 1.54) is 13.2 Å². The molecule has 0 bridgehead atoms. The zero-order valence-corrected chi connectivity index (χ0v) is 17.4. The molecule has 1 unspecified atom stereocenters. The molecule has 2 aliphatic rings. The second-order valence-corrected chi connectivity index (χ2v) is 8.70. The number of hydrogen-bond acceptors (Lipinski definition) is 5. The normalized spacial score (nSPS) is 21.0. The van der Waals surface area contributed by atoms with Crippen LogP contribution in [0.25, 0.3) is 0 Å². The third-order valence-electron chi connectivity index (χ3n) is 5.14. The summed E-state index contributed by atoms with van der Waals surface area (Å²) >= 11 is 0. The van der Waals surface area contributed by atoms with Gasteiger partial charge >= 0.3 is 0 Å². The summed E-state index contributed by atoms with van der Waals surface area (Å²) < 4.78 is 33.7. The van der Waals surface area contributed by atoms with Crippen LogP contribution >= 0.6 is 12.4 Å². The highest BCUT2D eigenvalue weighted by Crippen LogP contribution is 2.28. The lowest BCUT2D eigenvalue weighted by atomic mass is 10.1. The molecule has 152 valence electrons. The predicted molar refractivity (Wildman–Crippen MR) is 106 cm³/mol. The van der Waals surface area contributed by atoms with Crippen LogP contribution in [-0.4, -0.2) is 58.1 Å². The second kappa shape index (κ2) is 9.23. The Hall–Kier alpha value is -1.35. The van der Waals surface area contributed by atoms with E-state index in [9.17, 15) is 13.2 Å². The van der Waals surface area contributed by atoms with Crippen molar-refractivity contribution in [3.63, 3.8) is 0 Å². The summed E-state index contributed by atoms with van der Waals surface area (Å²) in [5, 5.41) is 3.25. The molecule has 0 spiro atoms. The summed E-state index contributed by atoms with van der Waals surface area (Å²) in [6.07, 6.45) is 3.75. The number of ether oxygens (including phenoxy) is 1. The standard InChI is InChI=1S/C18H27N3O4S.ClH/c1-13-12-19-9-10-21(13)18(22)14-7-8-16(25-2)17(11-14)26(23,24)20-15-5-3-4-6-15;/h7-8,11,13,15,19-20H,3-6,9-10,12H2,1-2H3;1H. The molecule has 0 aromatic heterocycles. The summed E-state index contributed by atoms with van der Waals surface area (Å²) in [6, 6.07) is 4.65. The quantitative estimate of drug-likeness (QED) is 0.762. The average Bonchev–Trinajstić information content (AvgIpc) is 3.13. The van der Waals surface area contributed by atoms with Gasteiger partial charge in [-0.1, -0.05) is 12.8 Å². The van der Waals surface area contributed by atoms with Crippen LogP contribution in [0.5, 0.6) is 5.75 Å². The highest BCUT2D eigenvalue weighted by Gasteiger charge is 2.29. The van der Waals surface area contributed by atoms with Crippen LogP contribution in [0.4, 0.5) is 0 Å². The third kappa shape index (κ3) is 4.93. The first-order chi connectivity index (χ1) is 12.4. The zero-order valence-electron chi connectivity index (χ0n) is 15.7. The molecule has 0 radical (unpaired) electrons. The third-order valence-corrected chi connectivity index (χ3v) is 6.68. The van der Waals surface area contributed by atoms with Crippen LogP contribution in [0.1, 0.15) is 43.0 Å². The van der Waals surface area contributed by atoms with Crippen LogP contribution in [0.3, 0.4) is 0 Å². The number of methoxy groups -OCH3 is 1. The molecule has 2 N–H and O–H groups in total. The molecule has 9 heteroatoms. The predicted octanol–water partition coefficient (Wildman–Crippen LogP) is 1.77. The Morgan fingerprint density at radius 2 is 2.00 bits per heavy atom. The molecule has 3 rings (SSSR count). The van der Waals surface area contributed by atoms with Crippen LogP contribution in [0.2, 0.25) is 0 Å². The molecule has 2 fully saturated rings. The van der Waals surface area contributed by atoms with Crippen molar-refractivity contribution in [1.82, 2.24) is 14.9 Å². The fraction of sp³-hybridized carbons (Fsp3) is 0.611. The molecule has 1 atom stereocenters. The second-order valence-electron chi connectivity index (χ2n) is 7.02. The molecule has 1 aromatic carbocycles. The summed E-state index contributed by atoms with van der Waals surface area (Å²) in [6.45, 7) is 4.05. The minimum Gasteiger partial charge on any atom is -0.495 e. The Balaban J connectivity index is 0.00000261. The van der Waals surface area contributed by atoms with Crippen LogP contribution in [0.15, 0.2) is 23.1 Å². The van der Waals surface area contributed by atoms with Gasteiger partial charge in [-0.05, 0) is 38.0 Å². The van der Waals surface area contributed by atoms with Crippen molar-refractivity contribution in [2.24, 2.45) is 0 Å². The minimum absolute atomic E-state index is 0. The number of piperazine rings is 1. The number of carbonyl (C=O) groups excluding carboxylic acids is 1. The number of benzene rings is 1. The summed E-state index contributed by atoms with van der Waals surface area (Å²) in [5.41, 5.74) is 0.367. The van der Waals surface area contributed by atoms with Crippen molar-refractivity contribution >= 4 is 28.3 Å². The fourth-order valence-electron chi connectivity index (χ4n) is 3.65. The maximum atomic E-state index is 12.9. The fourth-order valence-corrected chi connectivity index (χ4v) is 5.15. The Morgan fingerprint density at radius 3 is 2.63 bits per heavy atom. The van der Waals surface area contributed by atoms with Gasteiger partial charge in [-0.2, -0.15) is 0 Å². The van der Waals surface area contributed by atoms with Gasteiger partial charge in [0.15, 0.2) is 0 Å². The van der Waals surface area contributed by atoms with Crippen molar-refractivity contribution in [1.29, 1.82) is 0 Å². The lowest BCUT2D eigenvalue weighted by molar-refractivity contribution is 0.0655. The van der Waals surface area contributed by atoms with E-state index in [1.807, 2.05) is 6.92 Å². The van der Waals surface area contributed by atoms with Crippen LogP contribution in [0, 0.1) is 0 Å². The van der Waals surface area contributed by atoms with Gasteiger partial charge in [0.25, 0.3) is 5.91 Å². The maximum Gasteiger partial charge on any atom is 0.254 e. The van der Waals surface area contributed by atoms with Gasteiger partial charge < -0.3 is 15.0 Å². The highest BCUT2D eigenvalue weighted by molar-refractivity contribution is 7.89. The van der Waals surface area contributed by atoms with Gasteiger partial charge in [0.1, 0.15) is 10.6 Å². The molecule has 1 aliphatic carbocycles. The molecule has 1 saturated carbocycles. The molecule has 27 heavy (non-hydrogen) atoms. The molecule has 1 aliphatic heterocycles. The molecule has 1 saturated heterocycles. The van der Waals surface area contributed by atoms with Gasteiger partial charge in [0.05, 0.1) is 7.11 Å². The smallest absolute Gasteiger partial charge is 0.254 e. The first kappa shape index (κ1) is 21.9. The molecule has 1 aromatic rings. The number of hydrogen-bond donors (Lipinski definition) is 2. The molecular formula is C18H28ClN3O4S. The van der Waals surface area contributed by atoms with E-state index >= 15 is 0 Å².